The van der Waals surface area contributed by atoms with Gasteiger partial charge >= 0.3 is 5.97 Å². The van der Waals surface area contributed by atoms with Gasteiger partial charge in [0.25, 0.3) is 0 Å². The number of aromatic carboxylic acids is 1. The number of imidazole rings is 1. The Bertz CT molecular complexity index is 1690. The highest BCUT2D eigenvalue weighted by molar-refractivity contribution is 6.30. The summed E-state index contributed by atoms with van der Waals surface area (Å²) in [5.41, 5.74) is 1.52. The van der Waals surface area contributed by atoms with Gasteiger partial charge < -0.3 is 19.1 Å². The number of halogens is 2. The molecule has 0 unspecified atom stereocenters. The molecule has 2 fully saturated rings. The van der Waals surface area contributed by atoms with E-state index in [1.807, 2.05) is 28.8 Å². The highest BCUT2D eigenvalue weighted by Gasteiger charge is 2.43. The molecule has 0 bridgehead atoms. The van der Waals surface area contributed by atoms with Crippen molar-refractivity contribution in [3.8, 4) is 17.6 Å². The summed E-state index contributed by atoms with van der Waals surface area (Å²) < 4.78 is 28.2. The Morgan fingerprint density at radius 1 is 1.12 bits per heavy atom. The number of rotatable bonds is 11. The lowest BCUT2D eigenvalue weighted by molar-refractivity contribution is 0.0691. The largest absolute Gasteiger partial charge is 0.490 e. The number of carbonyl (C=O) groups is 1. The van der Waals surface area contributed by atoms with Crippen LogP contribution in [0.4, 0.5) is 4.39 Å². The van der Waals surface area contributed by atoms with E-state index in [4.69, 9.17) is 26.1 Å². The first-order valence-electron chi connectivity index (χ1n) is 14.3. The second kappa shape index (κ2) is 12.2. The van der Waals surface area contributed by atoms with Gasteiger partial charge in [-0.05, 0) is 62.1 Å². The molecule has 0 amide bonds. The van der Waals surface area contributed by atoms with Crippen LogP contribution >= 0.6 is 11.6 Å². The first kappa shape index (κ1) is 28.9. The van der Waals surface area contributed by atoms with E-state index >= 15 is 0 Å². The summed E-state index contributed by atoms with van der Waals surface area (Å²) in [6, 6.07) is 17.4. The molecule has 2 aromatic heterocycles. The number of pyridine rings is 1. The zero-order valence-corrected chi connectivity index (χ0v) is 24.3. The number of likely N-dealkylation sites (tertiary alicyclic amines) is 1. The summed E-state index contributed by atoms with van der Waals surface area (Å²) in [5, 5.41) is 19.2. The Morgan fingerprint density at radius 2 is 1.91 bits per heavy atom. The second-order valence-corrected chi connectivity index (χ2v) is 11.8. The van der Waals surface area contributed by atoms with Crippen LogP contribution in [0.25, 0.3) is 11.2 Å². The van der Waals surface area contributed by atoms with E-state index in [1.54, 1.807) is 18.2 Å². The highest BCUT2D eigenvalue weighted by Crippen LogP contribution is 2.50. The Labute approximate surface area is 253 Å². The number of aromatic nitrogens is 3. The fourth-order valence-corrected chi connectivity index (χ4v) is 5.70. The number of nitrogens with zero attached hydrogens (tertiary/aromatic N) is 5. The van der Waals surface area contributed by atoms with Crippen molar-refractivity contribution in [3.05, 3.63) is 82.5 Å². The minimum absolute atomic E-state index is 0.0186. The molecule has 0 spiro atoms. The van der Waals surface area contributed by atoms with E-state index in [0.29, 0.717) is 52.8 Å². The molecule has 43 heavy (non-hydrogen) atoms. The molecule has 1 aliphatic carbocycles. The molecule has 9 nitrogen and oxygen atoms in total. The van der Waals surface area contributed by atoms with Gasteiger partial charge in [-0.25, -0.2) is 19.2 Å². The van der Waals surface area contributed by atoms with E-state index < -0.39 is 11.8 Å². The molecule has 1 N–H and O–H groups in total. The van der Waals surface area contributed by atoms with Gasteiger partial charge in [0.15, 0.2) is 11.3 Å². The standard InChI is InChI=1S/C32H31ClFN5O4/c33-22-5-4-21(26(34)16-22)19-42-24-2-1-3-25(17-24)43-23-8-14-38(15-9-23)18-29-36-27-6-7-28(31(40)41)37-30(27)39(29)20-32(10-11-32)12-13-35/h1-7,16-17,23H,8-12,14-15,18-20H2,(H,40,41). The molecule has 1 saturated heterocycles. The van der Waals surface area contributed by atoms with Crippen LogP contribution in [0.3, 0.4) is 0 Å². The van der Waals surface area contributed by atoms with Gasteiger partial charge in [0, 0.05) is 48.1 Å². The van der Waals surface area contributed by atoms with Crippen molar-refractivity contribution >= 4 is 28.7 Å². The number of hydrogen-bond donors (Lipinski definition) is 1. The molecule has 0 radical (unpaired) electrons. The Balaban J connectivity index is 1.08. The predicted molar refractivity (Wildman–Crippen MR) is 157 cm³/mol. The van der Waals surface area contributed by atoms with E-state index in [-0.39, 0.29) is 23.8 Å². The molecule has 2 aliphatic rings. The first-order chi connectivity index (χ1) is 20.8. The third kappa shape index (κ3) is 6.74. The molecule has 222 valence electrons. The van der Waals surface area contributed by atoms with Gasteiger partial charge in [-0.1, -0.05) is 23.7 Å². The van der Waals surface area contributed by atoms with Gasteiger partial charge in [-0.3, -0.25) is 4.90 Å². The van der Waals surface area contributed by atoms with Gasteiger partial charge in [-0.2, -0.15) is 5.26 Å². The van der Waals surface area contributed by atoms with Crippen molar-refractivity contribution in [3.63, 3.8) is 0 Å². The Hall–Kier alpha value is -4.20. The lowest BCUT2D eigenvalue weighted by Crippen LogP contribution is -2.38. The summed E-state index contributed by atoms with van der Waals surface area (Å²) in [6.45, 7) is 2.89. The number of piperidine rings is 1. The topological polar surface area (TPSA) is 114 Å². The number of fused-ring (bicyclic) bond motifs is 1. The van der Waals surface area contributed by atoms with Crippen molar-refractivity contribution in [2.75, 3.05) is 13.1 Å². The van der Waals surface area contributed by atoms with Crippen LogP contribution in [-0.2, 0) is 19.7 Å². The monoisotopic (exact) mass is 603 g/mol. The molecular weight excluding hydrogens is 573 g/mol. The predicted octanol–water partition coefficient (Wildman–Crippen LogP) is 6.24. The van der Waals surface area contributed by atoms with Crippen LogP contribution in [0.5, 0.6) is 11.5 Å². The van der Waals surface area contributed by atoms with E-state index in [9.17, 15) is 19.6 Å². The van der Waals surface area contributed by atoms with Gasteiger partial charge in [0.1, 0.15) is 41.4 Å². The number of carboxylic acids is 1. The smallest absolute Gasteiger partial charge is 0.354 e. The quantitative estimate of drug-likeness (QED) is 0.214. The third-order valence-corrected chi connectivity index (χ3v) is 8.45. The van der Waals surface area contributed by atoms with Gasteiger partial charge in [0.05, 0.1) is 12.6 Å². The molecule has 6 rings (SSSR count). The Morgan fingerprint density at radius 3 is 2.63 bits per heavy atom. The highest BCUT2D eigenvalue weighted by atomic mass is 35.5. The number of nitriles is 1. The minimum Gasteiger partial charge on any atom is -0.490 e. The SMILES string of the molecule is N#CCC1(Cn2c(CN3CCC(Oc4cccc(OCc5ccc(Cl)cc5F)c4)CC3)nc3ccc(C(=O)O)nc32)CC1. The zero-order valence-electron chi connectivity index (χ0n) is 23.5. The maximum atomic E-state index is 14.1. The maximum Gasteiger partial charge on any atom is 0.354 e. The number of carboxylic acid groups (broad SMARTS) is 1. The molecule has 2 aromatic carbocycles. The van der Waals surface area contributed by atoms with Crippen molar-refractivity contribution < 1.29 is 23.8 Å². The summed E-state index contributed by atoms with van der Waals surface area (Å²) in [6.07, 6.45) is 4.06. The average molecular weight is 604 g/mol. The normalized spacial score (nSPS) is 16.6. The molecule has 3 heterocycles. The maximum absolute atomic E-state index is 14.1. The van der Waals surface area contributed by atoms with Crippen LogP contribution < -0.4 is 9.47 Å². The fraction of sp³-hybridized carbons (Fsp3) is 0.375. The zero-order chi connectivity index (χ0) is 30.0. The van der Waals surface area contributed by atoms with Crippen molar-refractivity contribution in [1.82, 2.24) is 19.4 Å². The lowest BCUT2D eigenvalue weighted by Gasteiger charge is -2.32. The summed E-state index contributed by atoms with van der Waals surface area (Å²) >= 11 is 5.84. The van der Waals surface area contributed by atoms with E-state index in [1.165, 1.54) is 12.1 Å². The van der Waals surface area contributed by atoms with Crippen LogP contribution in [0, 0.1) is 22.6 Å². The molecule has 11 heteroatoms. The minimum atomic E-state index is -1.08. The van der Waals surface area contributed by atoms with Gasteiger partial charge in [-0.15, -0.1) is 0 Å². The van der Waals surface area contributed by atoms with Crippen molar-refractivity contribution in [1.29, 1.82) is 5.26 Å². The molecule has 1 saturated carbocycles. The summed E-state index contributed by atoms with van der Waals surface area (Å²) in [4.78, 5) is 23.2. The summed E-state index contributed by atoms with van der Waals surface area (Å²) in [5.74, 6) is 0.631. The first-order valence-corrected chi connectivity index (χ1v) is 14.7. The summed E-state index contributed by atoms with van der Waals surface area (Å²) in [7, 11) is 0. The molecule has 1 aliphatic heterocycles. The van der Waals surface area contributed by atoms with Crippen molar-refractivity contribution in [2.45, 2.75) is 57.9 Å². The van der Waals surface area contributed by atoms with Crippen molar-refractivity contribution in [2.24, 2.45) is 5.41 Å². The second-order valence-electron chi connectivity index (χ2n) is 11.4. The van der Waals surface area contributed by atoms with Crippen LogP contribution in [0.15, 0.2) is 54.6 Å². The lowest BCUT2D eigenvalue weighted by atomic mass is 10.0. The number of ether oxygens (including phenoxy) is 2. The van der Waals surface area contributed by atoms with Crippen LogP contribution in [0.1, 0.15) is 54.0 Å². The van der Waals surface area contributed by atoms with E-state index in [0.717, 1.165) is 44.6 Å². The molecular formula is C32H31ClFN5O4. The van der Waals surface area contributed by atoms with Gasteiger partial charge in [0.2, 0.25) is 0 Å². The van der Waals surface area contributed by atoms with Crippen LogP contribution in [0.2, 0.25) is 5.02 Å². The van der Waals surface area contributed by atoms with Crippen LogP contribution in [-0.4, -0.2) is 49.7 Å². The number of benzene rings is 2. The molecule has 4 aromatic rings. The van der Waals surface area contributed by atoms with E-state index in [2.05, 4.69) is 16.0 Å². The Kier molecular flexibility index (Phi) is 8.19. The average Bonchev–Trinajstić information content (AvgIpc) is 3.67. The molecule has 0 atom stereocenters. The fourth-order valence-electron chi connectivity index (χ4n) is 5.54. The third-order valence-electron chi connectivity index (χ3n) is 8.21. The number of hydrogen-bond acceptors (Lipinski definition) is 7.